The van der Waals surface area contributed by atoms with Gasteiger partial charge in [0.2, 0.25) is 5.91 Å². The van der Waals surface area contributed by atoms with Gasteiger partial charge < -0.3 is 21.3 Å². The molecule has 0 aliphatic heterocycles. The Hall–Kier alpha value is -3.43. The third-order valence-electron chi connectivity index (χ3n) is 4.79. The smallest absolute Gasteiger partial charge is 0.223 e. The predicted molar refractivity (Wildman–Crippen MR) is 134 cm³/mol. The summed E-state index contributed by atoms with van der Waals surface area (Å²) in [6.45, 7) is 4.91. The number of hydrogen-bond acceptors (Lipinski definition) is 8. The zero-order chi connectivity index (χ0) is 24.0. The number of nitrogens with two attached hydrogens (primary N) is 1. The maximum Gasteiger partial charge on any atom is 0.223 e. The molecular formula is C22H23Cl2N7O2. The molecule has 4 N–H and O–H groups in total. The van der Waals surface area contributed by atoms with E-state index in [1.807, 2.05) is 13.0 Å². The van der Waals surface area contributed by atoms with Crippen LogP contribution >= 0.6 is 23.2 Å². The fraction of sp³-hybridized carbons (Fsp3) is 0.227. The number of nitroso groups, excluding NO2 is 1. The van der Waals surface area contributed by atoms with E-state index in [0.29, 0.717) is 58.3 Å². The number of hydrogen-bond donors (Lipinski definition) is 3. The molecule has 0 radical (unpaired) electrons. The Labute approximate surface area is 201 Å². The molecule has 0 spiro atoms. The number of amides is 1. The first-order chi connectivity index (χ1) is 15.8. The maximum atomic E-state index is 12.2. The number of aromatic nitrogens is 2. The predicted octanol–water partition coefficient (Wildman–Crippen LogP) is 5.33. The number of nitrogens with zero attached hydrogens (tertiary/aromatic N) is 4. The minimum atomic E-state index is -0.0990. The second-order valence-electron chi connectivity index (χ2n) is 7.00. The second kappa shape index (κ2) is 10.9. The van der Waals surface area contributed by atoms with E-state index in [0.717, 1.165) is 0 Å². The molecule has 0 aliphatic rings. The molecule has 0 saturated heterocycles. The Morgan fingerprint density at radius 3 is 2.30 bits per heavy atom. The highest BCUT2D eigenvalue weighted by molar-refractivity contribution is 6.36. The summed E-state index contributed by atoms with van der Waals surface area (Å²) < 4.78 is 0. The van der Waals surface area contributed by atoms with E-state index in [4.69, 9.17) is 33.9 Å². The van der Waals surface area contributed by atoms with Crippen LogP contribution in [0.3, 0.4) is 0 Å². The van der Waals surface area contributed by atoms with Crippen LogP contribution in [0.15, 0.2) is 47.6 Å². The highest BCUT2D eigenvalue weighted by Gasteiger charge is 2.19. The van der Waals surface area contributed by atoms with Crippen LogP contribution in [-0.4, -0.2) is 35.5 Å². The highest BCUT2D eigenvalue weighted by atomic mass is 35.5. The zero-order valence-electron chi connectivity index (χ0n) is 18.1. The third kappa shape index (κ3) is 5.88. The van der Waals surface area contributed by atoms with Crippen molar-refractivity contribution in [3.05, 3.63) is 57.4 Å². The van der Waals surface area contributed by atoms with Crippen LogP contribution in [0.2, 0.25) is 10.0 Å². The molecule has 1 amide bonds. The lowest BCUT2D eigenvalue weighted by Gasteiger charge is -2.23. The van der Waals surface area contributed by atoms with Crippen LogP contribution in [0.4, 0.5) is 28.8 Å². The normalized spacial score (nSPS) is 10.5. The van der Waals surface area contributed by atoms with Crippen molar-refractivity contribution in [3.63, 3.8) is 0 Å². The van der Waals surface area contributed by atoms with E-state index in [1.165, 1.54) is 13.0 Å². The van der Waals surface area contributed by atoms with Gasteiger partial charge in [-0.1, -0.05) is 23.2 Å². The number of nitrogen functional groups attached to an aromatic ring is 1. The molecule has 0 aliphatic carbocycles. The van der Waals surface area contributed by atoms with Crippen LogP contribution in [0.1, 0.15) is 13.8 Å². The quantitative estimate of drug-likeness (QED) is 0.275. The standard InChI is InChI=1S/C22H23Cl2N7O2/c1-3-31(13(2)32)18-7-9-19(28-21(18)15-5-4-14(23)12-16(15)24)26-10-11-27-20-8-6-17(30-33)22(25)29-20/h4-9,12H,3,10-11H2,1-2H3,(H,26,28)(H3,25,27,29). The van der Waals surface area contributed by atoms with Gasteiger partial charge in [-0.3, -0.25) is 4.79 Å². The first kappa shape index (κ1) is 24.2. The van der Waals surface area contributed by atoms with Crippen molar-refractivity contribution in [1.82, 2.24) is 9.97 Å². The number of anilines is 4. The van der Waals surface area contributed by atoms with Crippen molar-refractivity contribution in [1.29, 1.82) is 0 Å². The summed E-state index contributed by atoms with van der Waals surface area (Å²) in [6.07, 6.45) is 0. The topological polar surface area (TPSA) is 126 Å². The summed E-state index contributed by atoms with van der Waals surface area (Å²) in [5, 5.41) is 10.1. The van der Waals surface area contributed by atoms with Crippen molar-refractivity contribution >= 4 is 57.9 Å². The summed E-state index contributed by atoms with van der Waals surface area (Å²) >= 11 is 12.5. The third-order valence-corrected chi connectivity index (χ3v) is 5.33. The van der Waals surface area contributed by atoms with Gasteiger partial charge in [-0.15, -0.1) is 4.91 Å². The van der Waals surface area contributed by atoms with Gasteiger partial charge in [-0.05, 0) is 54.6 Å². The Morgan fingerprint density at radius 2 is 1.73 bits per heavy atom. The van der Waals surface area contributed by atoms with Gasteiger partial charge >= 0.3 is 0 Å². The van der Waals surface area contributed by atoms with Gasteiger partial charge in [0, 0.05) is 37.1 Å². The molecule has 1 aromatic carbocycles. The van der Waals surface area contributed by atoms with E-state index in [2.05, 4.69) is 20.8 Å². The largest absolute Gasteiger partial charge is 0.382 e. The number of benzene rings is 1. The van der Waals surface area contributed by atoms with Gasteiger partial charge in [0.25, 0.3) is 0 Å². The lowest BCUT2D eigenvalue weighted by Crippen LogP contribution is -2.28. The summed E-state index contributed by atoms with van der Waals surface area (Å²) in [5.41, 5.74) is 7.66. The molecule has 3 aromatic rings. The minimum Gasteiger partial charge on any atom is -0.382 e. The molecule has 0 bridgehead atoms. The van der Waals surface area contributed by atoms with Crippen molar-refractivity contribution in [2.75, 3.05) is 40.9 Å². The number of halogens is 2. The Kier molecular flexibility index (Phi) is 8.02. The fourth-order valence-corrected chi connectivity index (χ4v) is 3.73. The lowest BCUT2D eigenvalue weighted by atomic mass is 10.1. The van der Waals surface area contributed by atoms with Crippen LogP contribution in [0.25, 0.3) is 11.3 Å². The molecular weight excluding hydrogens is 465 g/mol. The number of carbonyl (C=O) groups excluding carboxylic acids is 1. The molecule has 0 fully saturated rings. The summed E-state index contributed by atoms with van der Waals surface area (Å²) in [7, 11) is 0. The lowest BCUT2D eigenvalue weighted by molar-refractivity contribution is -0.116. The van der Waals surface area contributed by atoms with E-state index < -0.39 is 0 Å². The molecule has 11 heteroatoms. The average Bonchev–Trinajstić information content (AvgIpc) is 2.78. The monoisotopic (exact) mass is 487 g/mol. The first-order valence-corrected chi connectivity index (χ1v) is 10.9. The van der Waals surface area contributed by atoms with Gasteiger partial charge in [0.1, 0.15) is 17.3 Å². The maximum absolute atomic E-state index is 12.2. The zero-order valence-corrected chi connectivity index (χ0v) is 19.6. The second-order valence-corrected chi connectivity index (χ2v) is 7.84. The summed E-state index contributed by atoms with van der Waals surface area (Å²) in [4.78, 5) is 33.2. The van der Waals surface area contributed by atoms with Crippen LogP contribution < -0.4 is 21.3 Å². The number of pyridine rings is 2. The molecule has 2 heterocycles. The molecule has 0 saturated carbocycles. The van der Waals surface area contributed by atoms with Gasteiger partial charge in [-0.2, -0.15) is 0 Å². The number of carbonyl (C=O) groups is 1. The average molecular weight is 488 g/mol. The molecule has 9 nitrogen and oxygen atoms in total. The Balaban J connectivity index is 1.79. The van der Waals surface area contributed by atoms with Crippen molar-refractivity contribution in [2.24, 2.45) is 5.18 Å². The summed E-state index contributed by atoms with van der Waals surface area (Å²) in [5.74, 6) is 1.10. The number of rotatable bonds is 9. The van der Waals surface area contributed by atoms with Crippen LogP contribution in [-0.2, 0) is 4.79 Å². The molecule has 0 atom stereocenters. The Morgan fingerprint density at radius 1 is 1.06 bits per heavy atom. The van der Waals surface area contributed by atoms with Crippen LogP contribution in [0, 0.1) is 4.91 Å². The first-order valence-electron chi connectivity index (χ1n) is 10.2. The van der Waals surface area contributed by atoms with Crippen molar-refractivity contribution in [2.45, 2.75) is 13.8 Å². The number of nitrogens with one attached hydrogen (secondary N) is 2. The van der Waals surface area contributed by atoms with Gasteiger partial charge in [0.05, 0.1) is 16.4 Å². The minimum absolute atomic E-state index is 0.0654. The van der Waals surface area contributed by atoms with E-state index in [-0.39, 0.29) is 17.4 Å². The molecule has 0 unspecified atom stereocenters. The SMILES string of the molecule is CCN(C(C)=O)c1ccc(NCCNc2ccc(N=O)c(N)n2)nc1-c1ccc(Cl)cc1Cl. The van der Waals surface area contributed by atoms with E-state index in [9.17, 15) is 9.70 Å². The summed E-state index contributed by atoms with van der Waals surface area (Å²) in [6, 6.07) is 11.9. The van der Waals surface area contributed by atoms with Crippen molar-refractivity contribution in [3.8, 4) is 11.3 Å². The van der Waals surface area contributed by atoms with Gasteiger partial charge in [-0.25, -0.2) is 9.97 Å². The van der Waals surface area contributed by atoms with E-state index >= 15 is 0 Å². The molecule has 172 valence electrons. The van der Waals surface area contributed by atoms with Crippen molar-refractivity contribution < 1.29 is 4.79 Å². The van der Waals surface area contributed by atoms with Crippen LogP contribution in [0.5, 0.6) is 0 Å². The fourth-order valence-electron chi connectivity index (χ4n) is 3.23. The Bertz CT molecular complexity index is 1170. The molecule has 2 aromatic heterocycles. The van der Waals surface area contributed by atoms with E-state index in [1.54, 1.807) is 35.2 Å². The van der Waals surface area contributed by atoms with Gasteiger partial charge in [0.15, 0.2) is 5.82 Å². The molecule has 3 rings (SSSR count). The highest BCUT2D eigenvalue weighted by Crippen LogP contribution is 2.36. The molecule has 33 heavy (non-hydrogen) atoms.